The summed E-state index contributed by atoms with van der Waals surface area (Å²) in [5.41, 5.74) is 1.67. The van der Waals surface area contributed by atoms with Gasteiger partial charge in [-0.15, -0.1) is 0 Å². The van der Waals surface area contributed by atoms with Crippen molar-refractivity contribution in [1.82, 2.24) is 10.2 Å². The number of piperazine rings is 1. The summed E-state index contributed by atoms with van der Waals surface area (Å²) in [6.45, 7) is 2.41. The van der Waals surface area contributed by atoms with E-state index in [1.54, 1.807) is 17.0 Å². The molecule has 1 heterocycles. The molecule has 4 rings (SSSR count). The topological polar surface area (TPSA) is 128 Å². The van der Waals surface area contributed by atoms with Crippen LogP contribution in [-0.2, 0) is 20.9 Å². The minimum absolute atomic E-state index is 0.00516. The predicted octanol–water partition coefficient (Wildman–Crippen LogP) is 4.40. The Morgan fingerprint density at radius 2 is 1.56 bits per heavy atom. The molecule has 0 bridgehead atoms. The van der Waals surface area contributed by atoms with Crippen molar-refractivity contribution in [1.29, 1.82) is 0 Å². The molecular formula is C30H31ClN4O6. The van der Waals surface area contributed by atoms with E-state index in [4.69, 9.17) is 16.3 Å². The van der Waals surface area contributed by atoms with Gasteiger partial charge in [-0.3, -0.25) is 9.59 Å². The Kier molecular flexibility index (Phi) is 10.2. The largest absolute Gasteiger partial charge is 0.478 e. The molecule has 1 fully saturated rings. The predicted molar refractivity (Wildman–Crippen MR) is 155 cm³/mol. The number of nitrogens with zero attached hydrogens (tertiary/aromatic N) is 2. The van der Waals surface area contributed by atoms with Gasteiger partial charge in [0.05, 0.1) is 11.3 Å². The van der Waals surface area contributed by atoms with E-state index in [9.17, 15) is 24.3 Å². The number of rotatable bonds is 10. The third-order valence-corrected chi connectivity index (χ3v) is 6.93. The maximum absolute atomic E-state index is 13.2. The molecule has 1 saturated heterocycles. The smallest absolute Gasteiger partial charge is 0.408 e. The van der Waals surface area contributed by atoms with Gasteiger partial charge >= 0.3 is 12.1 Å². The van der Waals surface area contributed by atoms with Gasteiger partial charge in [0.2, 0.25) is 11.8 Å². The number of halogens is 1. The van der Waals surface area contributed by atoms with Crippen LogP contribution in [0.15, 0.2) is 78.9 Å². The molecule has 0 aromatic heterocycles. The quantitative estimate of drug-likeness (QED) is 0.325. The van der Waals surface area contributed by atoms with Crippen molar-refractivity contribution < 1.29 is 29.0 Å². The minimum atomic E-state index is -1.28. The number of carbonyl (C=O) groups excluding carboxylic acids is 3. The number of carbonyl (C=O) groups is 4. The highest BCUT2D eigenvalue weighted by atomic mass is 35.5. The normalized spacial score (nSPS) is 13.7. The number of para-hydroxylation sites is 1. The molecule has 11 heteroatoms. The van der Waals surface area contributed by atoms with E-state index in [1.807, 2.05) is 48.5 Å². The fourth-order valence-corrected chi connectivity index (χ4v) is 4.65. The number of nitrogens with one attached hydrogen (secondary N) is 2. The van der Waals surface area contributed by atoms with Crippen molar-refractivity contribution in [2.45, 2.75) is 25.5 Å². The van der Waals surface area contributed by atoms with Gasteiger partial charge in [-0.05, 0) is 42.3 Å². The SMILES string of the molecule is O=C(NC(CCC(=O)N1CCN(c2ccccc2)CC1)C(=O)Nc1ccc(Cl)cc1C(=O)O)OCc1ccccc1. The fraction of sp³-hybridized carbons (Fsp3) is 0.267. The minimum Gasteiger partial charge on any atom is -0.478 e. The first-order valence-corrected chi connectivity index (χ1v) is 13.6. The number of alkyl carbamates (subject to hydrolysis) is 1. The second-order valence-electron chi connectivity index (χ2n) is 9.49. The molecule has 1 atom stereocenters. The third-order valence-electron chi connectivity index (χ3n) is 6.69. The maximum atomic E-state index is 13.2. The molecule has 41 heavy (non-hydrogen) atoms. The van der Waals surface area contributed by atoms with Gasteiger partial charge < -0.3 is 30.3 Å². The monoisotopic (exact) mass is 578 g/mol. The number of benzene rings is 3. The van der Waals surface area contributed by atoms with E-state index in [1.165, 1.54) is 18.2 Å². The molecular weight excluding hydrogens is 548 g/mol. The number of carboxylic acids is 1. The molecule has 3 amide bonds. The number of anilines is 2. The number of carboxylic acid groups (broad SMARTS) is 1. The molecule has 0 saturated carbocycles. The first-order chi connectivity index (χ1) is 19.8. The maximum Gasteiger partial charge on any atom is 0.408 e. The van der Waals surface area contributed by atoms with Crippen LogP contribution in [0.5, 0.6) is 0 Å². The second-order valence-corrected chi connectivity index (χ2v) is 9.92. The van der Waals surface area contributed by atoms with E-state index in [0.717, 1.165) is 11.3 Å². The summed E-state index contributed by atoms with van der Waals surface area (Å²) in [5.74, 6) is -2.11. The zero-order valence-electron chi connectivity index (χ0n) is 22.3. The van der Waals surface area contributed by atoms with Gasteiger partial charge in [0.25, 0.3) is 0 Å². The summed E-state index contributed by atoms with van der Waals surface area (Å²) in [7, 11) is 0. The summed E-state index contributed by atoms with van der Waals surface area (Å²) in [5, 5.41) is 14.8. The Morgan fingerprint density at radius 3 is 2.22 bits per heavy atom. The lowest BCUT2D eigenvalue weighted by Crippen LogP contribution is -2.49. The van der Waals surface area contributed by atoms with E-state index >= 15 is 0 Å². The Bertz CT molecular complexity index is 1360. The van der Waals surface area contributed by atoms with Crippen LogP contribution in [0.3, 0.4) is 0 Å². The molecule has 1 unspecified atom stereocenters. The van der Waals surface area contributed by atoms with Crippen molar-refractivity contribution in [3.63, 3.8) is 0 Å². The van der Waals surface area contributed by atoms with Crippen molar-refractivity contribution in [2.75, 3.05) is 36.4 Å². The van der Waals surface area contributed by atoms with Crippen molar-refractivity contribution in [2.24, 2.45) is 0 Å². The highest BCUT2D eigenvalue weighted by molar-refractivity contribution is 6.31. The van der Waals surface area contributed by atoms with Gasteiger partial charge in [0.15, 0.2) is 0 Å². The molecule has 10 nitrogen and oxygen atoms in total. The van der Waals surface area contributed by atoms with Crippen LogP contribution >= 0.6 is 11.6 Å². The molecule has 3 N–H and O–H groups in total. The molecule has 0 spiro atoms. The summed E-state index contributed by atoms with van der Waals surface area (Å²) >= 11 is 5.92. The van der Waals surface area contributed by atoms with Crippen LogP contribution in [0.4, 0.5) is 16.2 Å². The highest BCUT2D eigenvalue weighted by Crippen LogP contribution is 2.22. The van der Waals surface area contributed by atoms with E-state index < -0.39 is 24.0 Å². The van der Waals surface area contributed by atoms with E-state index in [0.29, 0.717) is 26.2 Å². The van der Waals surface area contributed by atoms with Gasteiger partial charge in [-0.25, -0.2) is 9.59 Å². The summed E-state index contributed by atoms with van der Waals surface area (Å²) in [6, 6.07) is 21.9. The molecule has 1 aliphatic rings. The zero-order valence-corrected chi connectivity index (χ0v) is 23.0. The number of aromatic carboxylic acids is 1. The first-order valence-electron chi connectivity index (χ1n) is 13.2. The van der Waals surface area contributed by atoms with Gasteiger partial charge in [-0.2, -0.15) is 0 Å². The number of ether oxygens (including phenoxy) is 1. The first kappa shape index (κ1) is 29.4. The highest BCUT2D eigenvalue weighted by Gasteiger charge is 2.27. The Hall–Kier alpha value is -4.57. The second kappa shape index (κ2) is 14.2. The Labute approximate surface area is 242 Å². The van der Waals surface area contributed by atoms with Crippen molar-refractivity contribution in [3.8, 4) is 0 Å². The summed E-state index contributed by atoms with van der Waals surface area (Å²) in [6.07, 6.45) is -0.859. The van der Waals surface area contributed by atoms with Crippen LogP contribution in [0, 0.1) is 0 Å². The average Bonchev–Trinajstić information content (AvgIpc) is 2.99. The van der Waals surface area contributed by atoms with Gasteiger partial charge in [0, 0.05) is 43.3 Å². The standard InChI is InChI=1S/C30H31ClN4O6/c31-22-11-12-25(24(19-22)29(38)39)32-28(37)26(33-30(40)41-20-21-7-3-1-4-8-21)13-14-27(36)35-17-15-34(16-18-35)23-9-5-2-6-10-23/h1-12,19,26H,13-18,20H2,(H,32,37)(H,33,40)(H,38,39). The average molecular weight is 579 g/mol. The van der Waals surface area contributed by atoms with Crippen molar-refractivity contribution >= 4 is 46.9 Å². The lowest BCUT2D eigenvalue weighted by Gasteiger charge is -2.36. The summed E-state index contributed by atoms with van der Waals surface area (Å²) in [4.78, 5) is 54.5. The molecule has 3 aromatic rings. The van der Waals surface area contributed by atoms with Crippen LogP contribution in [0.25, 0.3) is 0 Å². The van der Waals surface area contributed by atoms with E-state index in [-0.39, 0.29) is 41.6 Å². The molecule has 1 aliphatic heterocycles. The van der Waals surface area contributed by atoms with Crippen LogP contribution in [0.1, 0.15) is 28.8 Å². The van der Waals surface area contributed by atoms with E-state index in [2.05, 4.69) is 15.5 Å². The third kappa shape index (κ3) is 8.46. The van der Waals surface area contributed by atoms with Crippen LogP contribution in [-0.4, -0.2) is 66.1 Å². The Balaban J connectivity index is 1.39. The van der Waals surface area contributed by atoms with Gasteiger partial charge in [0.1, 0.15) is 12.6 Å². The number of hydrogen-bond donors (Lipinski definition) is 3. The number of amides is 3. The van der Waals surface area contributed by atoms with Crippen LogP contribution in [0.2, 0.25) is 5.02 Å². The fourth-order valence-electron chi connectivity index (χ4n) is 4.48. The molecule has 0 radical (unpaired) electrons. The van der Waals surface area contributed by atoms with Crippen LogP contribution < -0.4 is 15.5 Å². The lowest BCUT2D eigenvalue weighted by atomic mass is 10.1. The number of hydrogen-bond acceptors (Lipinski definition) is 6. The zero-order chi connectivity index (χ0) is 29.2. The van der Waals surface area contributed by atoms with Crippen molar-refractivity contribution in [3.05, 3.63) is 95.0 Å². The van der Waals surface area contributed by atoms with Gasteiger partial charge in [-0.1, -0.05) is 60.1 Å². The molecule has 3 aromatic carbocycles. The Morgan fingerprint density at radius 1 is 0.902 bits per heavy atom. The lowest BCUT2D eigenvalue weighted by molar-refractivity contribution is -0.131. The molecule has 0 aliphatic carbocycles. The summed E-state index contributed by atoms with van der Waals surface area (Å²) < 4.78 is 5.27. The molecule has 214 valence electrons.